The van der Waals surface area contributed by atoms with E-state index in [2.05, 4.69) is 39.6 Å². The van der Waals surface area contributed by atoms with Gasteiger partial charge < -0.3 is 5.32 Å². The largest absolute Gasteiger partial charge is 0.356 e. The van der Waals surface area contributed by atoms with Gasteiger partial charge in [0.2, 0.25) is 11.8 Å². The Kier molecular flexibility index (Phi) is 6.47. The second-order valence-electron chi connectivity index (χ2n) is 8.26. The van der Waals surface area contributed by atoms with Crippen molar-refractivity contribution in [3.05, 3.63) is 47.2 Å². The molecule has 0 saturated carbocycles. The second kappa shape index (κ2) is 9.43. The number of aryl methyl sites for hydroxylation is 2. The Morgan fingerprint density at radius 2 is 1.93 bits per heavy atom. The molecule has 7 heteroatoms. The molecule has 0 fully saturated rings. The number of rotatable bonds is 8. The van der Waals surface area contributed by atoms with Gasteiger partial charge in [0.05, 0.1) is 12.2 Å². The number of amides is 2. The Morgan fingerprint density at radius 1 is 1.10 bits per heavy atom. The van der Waals surface area contributed by atoms with E-state index >= 15 is 0 Å². The molecule has 0 bridgehead atoms. The molecule has 0 unspecified atom stereocenters. The summed E-state index contributed by atoms with van der Waals surface area (Å²) in [6.45, 7) is 6.93. The van der Waals surface area contributed by atoms with E-state index in [1.807, 2.05) is 17.7 Å². The third-order valence-electron chi connectivity index (χ3n) is 5.96. The second-order valence-corrected chi connectivity index (χ2v) is 8.26. The van der Waals surface area contributed by atoms with E-state index in [4.69, 9.17) is 0 Å². The Balaban J connectivity index is 1.13. The summed E-state index contributed by atoms with van der Waals surface area (Å²) in [5, 5.41) is 7.45. The number of hydrogen-bond acceptors (Lipinski definition) is 4. The summed E-state index contributed by atoms with van der Waals surface area (Å²) >= 11 is 0. The number of benzene rings is 1. The summed E-state index contributed by atoms with van der Waals surface area (Å²) < 4.78 is 1.88. The molecule has 4 rings (SSSR count). The SMILES string of the molecule is Cc1cc2n(n1)CCC(=O)N2CCCC(=O)NCCCN1CCc2ccccc2C1. The molecule has 1 N–H and O–H groups in total. The van der Waals surface area contributed by atoms with Crippen LogP contribution in [0.25, 0.3) is 0 Å². The molecule has 0 radical (unpaired) electrons. The lowest BCUT2D eigenvalue weighted by atomic mass is 10.00. The lowest BCUT2D eigenvalue weighted by Gasteiger charge is -2.28. The summed E-state index contributed by atoms with van der Waals surface area (Å²) in [4.78, 5) is 28.7. The van der Waals surface area contributed by atoms with Crippen LogP contribution in [0.2, 0.25) is 0 Å². The number of hydrogen-bond donors (Lipinski definition) is 1. The Bertz CT molecular complexity index is 907. The standard InChI is InChI=1S/C23H31N5O2/c1-18-16-22-27(23(30)10-15-28(22)25-18)13-4-8-21(29)24-11-5-12-26-14-9-19-6-2-3-7-20(19)17-26/h2-3,6-7,16H,4-5,8-15,17H2,1H3,(H,24,29). The first kappa shape index (κ1) is 20.6. The van der Waals surface area contributed by atoms with Crippen LogP contribution < -0.4 is 10.2 Å². The third-order valence-corrected chi connectivity index (χ3v) is 5.96. The highest BCUT2D eigenvalue weighted by molar-refractivity contribution is 5.93. The molecule has 2 aliphatic rings. The summed E-state index contributed by atoms with van der Waals surface area (Å²) in [7, 11) is 0. The van der Waals surface area contributed by atoms with Crippen LogP contribution in [-0.4, -0.2) is 52.7 Å². The van der Waals surface area contributed by atoms with Crippen LogP contribution in [0, 0.1) is 6.92 Å². The predicted molar refractivity (Wildman–Crippen MR) is 116 cm³/mol. The molecule has 0 atom stereocenters. The highest BCUT2D eigenvalue weighted by atomic mass is 16.2. The van der Waals surface area contributed by atoms with E-state index in [-0.39, 0.29) is 11.8 Å². The van der Waals surface area contributed by atoms with Crippen LogP contribution in [0.15, 0.2) is 30.3 Å². The van der Waals surface area contributed by atoms with Gasteiger partial charge in [-0.15, -0.1) is 0 Å². The number of anilines is 1. The van der Waals surface area contributed by atoms with E-state index in [1.165, 1.54) is 11.1 Å². The fraction of sp³-hybridized carbons (Fsp3) is 0.522. The van der Waals surface area contributed by atoms with Crippen molar-refractivity contribution in [2.75, 3.05) is 31.1 Å². The molecule has 2 aromatic rings. The van der Waals surface area contributed by atoms with Crippen LogP contribution in [0.1, 0.15) is 42.5 Å². The average Bonchev–Trinajstić information content (AvgIpc) is 3.13. The maximum Gasteiger partial charge on any atom is 0.229 e. The summed E-state index contributed by atoms with van der Waals surface area (Å²) in [5.41, 5.74) is 3.81. The molecule has 0 spiro atoms. The van der Waals surface area contributed by atoms with Gasteiger partial charge in [-0.2, -0.15) is 5.10 Å². The highest BCUT2D eigenvalue weighted by Crippen LogP contribution is 2.23. The van der Waals surface area contributed by atoms with Crippen molar-refractivity contribution < 1.29 is 9.59 Å². The number of nitrogens with zero attached hydrogens (tertiary/aromatic N) is 4. The van der Waals surface area contributed by atoms with Crippen molar-refractivity contribution in [3.63, 3.8) is 0 Å². The van der Waals surface area contributed by atoms with Gasteiger partial charge in [0.1, 0.15) is 5.82 Å². The highest BCUT2D eigenvalue weighted by Gasteiger charge is 2.25. The van der Waals surface area contributed by atoms with E-state index in [1.54, 1.807) is 4.90 Å². The molecule has 2 amide bonds. The maximum absolute atomic E-state index is 12.3. The zero-order valence-corrected chi connectivity index (χ0v) is 17.8. The quantitative estimate of drug-likeness (QED) is 0.679. The van der Waals surface area contributed by atoms with Gasteiger partial charge >= 0.3 is 0 Å². The van der Waals surface area contributed by atoms with Gasteiger partial charge in [0, 0.05) is 51.6 Å². The minimum absolute atomic E-state index is 0.0631. The predicted octanol–water partition coefficient (Wildman–Crippen LogP) is 2.27. The molecular weight excluding hydrogens is 378 g/mol. The first-order valence-corrected chi connectivity index (χ1v) is 11.0. The average molecular weight is 410 g/mol. The molecule has 0 aliphatic carbocycles. The minimum atomic E-state index is 0.0631. The Labute approximate surface area is 178 Å². The molecule has 7 nitrogen and oxygen atoms in total. The molecule has 0 saturated heterocycles. The van der Waals surface area contributed by atoms with Crippen molar-refractivity contribution in [1.29, 1.82) is 0 Å². The van der Waals surface area contributed by atoms with Crippen molar-refractivity contribution in [2.45, 2.75) is 52.1 Å². The van der Waals surface area contributed by atoms with Crippen LogP contribution in [0.4, 0.5) is 5.82 Å². The number of carbonyl (C=O) groups is 2. The molecular formula is C23H31N5O2. The third kappa shape index (κ3) is 4.90. The fourth-order valence-electron chi connectivity index (χ4n) is 4.38. The molecule has 1 aromatic heterocycles. The molecule has 2 aliphatic heterocycles. The van der Waals surface area contributed by atoms with Crippen molar-refractivity contribution in [1.82, 2.24) is 20.0 Å². The lowest BCUT2D eigenvalue weighted by molar-refractivity contribution is -0.122. The smallest absolute Gasteiger partial charge is 0.229 e. The van der Waals surface area contributed by atoms with Crippen molar-refractivity contribution in [2.24, 2.45) is 0 Å². The van der Waals surface area contributed by atoms with Crippen molar-refractivity contribution in [3.8, 4) is 0 Å². The number of carbonyl (C=O) groups excluding carboxylic acids is 2. The summed E-state index contributed by atoms with van der Waals surface area (Å²) in [6.07, 6.45) is 3.63. The van der Waals surface area contributed by atoms with E-state index in [0.29, 0.717) is 38.9 Å². The fourth-order valence-corrected chi connectivity index (χ4v) is 4.38. The number of aromatic nitrogens is 2. The van der Waals surface area contributed by atoms with E-state index < -0.39 is 0 Å². The van der Waals surface area contributed by atoms with Gasteiger partial charge in [-0.1, -0.05) is 24.3 Å². The lowest BCUT2D eigenvalue weighted by Crippen LogP contribution is -2.38. The zero-order chi connectivity index (χ0) is 20.9. The summed E-state index contributed by atoms with van der Waals surface area (Å²) in [5.74, 6) is 1.03. The Morgan fingerprint density at radius 3 is 2.80 bits per heavy atom. The molecule has 1 aromatic carbocycles. The van der Waals surface area contributed by atoms with Crippen LogP contribution in [-0.2, 0) is 29.1 Å². The van der Waals surface area contributed by atoms with Gasteiger partial charge in [-0.25, -0.2) is 4.68 Å². The monoisotopic (exact) mass is 409 g/mol. The van der Waals surface area contributed by atoms with E-state index in [0.717, 1.165) is 44.0 Å². The van der Waals surface area contributed by atoms with Gasteiger partial charge in [-0.3, -0.25) is 19.4 Å². The Hall–Kier alpha value is -2.67. The van der Waals surface area contributed by atoms with E-state index in [9.17, 15) is 9.59 Å². The minimum Gasteiger partial charge on any atom is -0.356 e. The normalized spacial score (nSPS) is 16.3. The van der Waals surface area contributed by atoms with Gasteiger partial charge in [-0.05, 0) is 37.3 Å². The molecule has 160 valence electrons. The van der Waals surface area contributed by atoms with Gasteiger partial charge in [0.15, 0.2) is 0 Å². The first-order valence-electron chi connectivity index (χ1n) is 11.0. The molecule has 30 heavy (non-hydrogen) atoms. The van der Waals surface area contributed by atoms with Crippen molar-refractivity contribution >= 4 is 17.6 Å². The zero-order valence-electron chi connectivity index (χ0n) is 17.8. The van der Waals surface area contributed by atoms with Crippen LogP contribution in [0.5, 0.6) is 0 Å². The number of fused-ring (bicyclic) bond motifs is 2. The topological polar surface area (TPSA) is 70.5 Å². The summed E-state index contributed by atoms with van der Waals surface area (Å²) in [6, 6.07) is 10.6. The van der Waals surface area contributed by atoms with Crippen LogP contribution in [0.3, 0.4) is 0 Å². The van der Waals surface area contributed by atoms with Crippen LogP contribution >= 0.6 is 0 Å². The number of nitrogens with one attached hydrogen (secondary N) is 1. The van der Waals surface area contributed by atoms with Gasteiger partial charge in [0.25, 0.3) is 0 Å². The first-order chi connectivity index (χ1) is 14.6. The molecule has 3 heterocycles. The maximum atomic E-state index is 12.3.